The molecule has 1 atom stereocenters. The Morgan fingerprint density at radius 1 is 1.07 bits per heavy atom. The van der Waals surface area contributed by atoms with Crippen LogP contribution in [0.2, 0.25) is 10.0 Å². The summed E-state index contributed by atoms with van der Waals surface area (Å²) < 4.78 is 44.2. The number of anilines is 1. The molecule has 2 heterocycles. The Morgan fingerprint density at radius 2 is 1.79 bits per heavy atom. The van der Waals surface area contributed by atoms with Gasteiger partial charge in [0, 0.05) is 28.8 Å². The molecule has 1 unspecified atom stereocenters. The molecule has 1 aliphatic rings. The van der Waals surface area contributed by atoms with Gasteiger partial charge >= 0.3 is 6.18 Å². The van der Waals surface area contributed by atoms with Gasteiger partial charge in [0.2, 0.25) is 0 Å². The smallest absolute Gasteiger partial charge is 0.370 e. The molecule has 0 N–H and O–H groups in total. The van der Waals surface area contributed by atoms with Crippen LogP contribution in [0.25, 0.3) is 5.69 Å². The molecule has 11 heteroatoms. The van der Waals surface area contributed by atoms with E-state index in [4.69, 9.17) is 23.2 Å². The Kier molecular flexibility index (Phi) is 4.98. The second-order valence-corrected chi connectivity index (χ2v) is 8.01. The van der Waals surface area contributed by atoms with Crippen molar-refractivity contribution >= 4 is 42.2 Å². The summed E-state index contributed by atoms with van der Waals surface area (Å²) in [4.78, 5) is 1.73. The van der Waals surface area contributed by atoms with E-state index in [2.05, 4.69) is 15.5 Å². The standard InChI is InChI=1S/C18H15BCl2F3N5/c19-15-8-14(1-2-16(15)29-10-25-26-27-29)28-4-3-17(9-28,18(22,23)24)11-5-12(20)7-13(21)6-11/h1-2,5-8,10H,3-4,9,19H2. The highest BCUT2D eigenvalue weighted by molar-refractivity contribution is 6.35. The first-order valence-corrected chi connectivity index (χ1v) is 9.57. The molecule has 0 aliphatic carbocycles. The van der Waals surface area contributed by atoms with E-state index in [9.17, 15) is 13.2 Å². The highest BCUT2D eigenvalue weighted by Crippen LogP contribution is 2.49. The molecule has 0 spiro atoms. The van der Waals surface area contributed by atoms with Crippen LogP contribution in [0.4, 0.5) is 18.9 Å². The van der Waals surface area contributed by atoms with Crippen LogP contribution in [-0.2, 0) is 5.41 Å². The van der Waals surface area contributed by atoms with Crippen molar-refractivity contribution in [2.24, 2.45) is 0 Å². The Bertz CT molecular complexity index is 1020. The maximum Gasteiger partial charge on any atom is 0.400 e. The number of rotatable bonds is 3. The number of aromatic nitrogens is 4. The predicted molar refractivity (Wildman–Crippen MR) is 108 cm³/mol. The zero-order valence-corrected chi connectivity index (χ0v) is 16.8. The second kappa shape index (κ2) is 7.21. The van der Waals surface area contributed by atoms with Crippen molar-refractivity contribution in [3.8, 4) is 5.69 Å². The first-order chi connectivity index (χ1) is 13.7. The summed E-state index contributed by atoms with van der Waals surface area (Å²) in [7, 11) is 1.87. The summed E-state index contributed by atoms with van der Waals surface area (Å²) in [6.45, 7) is 0.0458. The van der Waals surface area contributed by atoms with E-state index in [1.165, 1.54) is 29.2 Å². The van der Waals surface area contributed by atoms with Crippen LogP contribution in [0.3, 0.4) is 0 Å². The molecule has 1 aromatic heterocycles. The number of halogens is 5. The molecule has 5 nitrogen and oxygen atoms in total. The van der Waals surface area contributed by atoms with Gasteiger partial charge in [0.05, 0.1) is 5.69 Å². The Labute approximate surface area is 175 Å². The van der Waals surface area contributed by atoms with E-state index < -0.39 is 11.6 Å². The van der Waals surface area contributed by atoms with Crippen molar-refractivity contribution in [3.05, 3.63) is 58.3 Å². The molecule has 0 bridgehead atoms. The first-order valence-electron chi connectivity index (χ1n) is 8.82. The monoisotopic (exact) mass is 439 g/mol. The molecular weight excluding hydrogens is 425 g/mol. The summed E-state index contributed by atoms with van der Waals surface area (Å²) in [5, 5.41) is 11.5. The molecule has 4 rings (SSSR count). The van der Waals surface area contributed by atoms with Gasteiger partial charge < -0.3 is 4.90 Å². The minimum absolute atomic E-state index is 0.0824. The van der Waals surface area contributed by atoms with Gasteiger partial charge in [0.1, 0.15) is 19.6 Å². The lowest BCUT2D eigenvalue weighted by atomic mass is 9.79. The number of hydrogen-bond acceptors (Lipinski definition) is 4. The maximum atomic E-state index is 14.2. The molecule has 0 amide bonds. The number of tetrazole rings is 1. The van der Waals surface area contributed by atoms with E-state index in [1.807, 2.05) is 13.9 Å². The van der Waals surface area contributed by atoms with Gasteiger partial charge in [0.25, 0.3) is 0 Å². The van der Waals surface area contributed by atoms with Crippen LogP contribution in [0.1, 0.15) is 12.0 Å². The largest absolute Gasteiger partial charge is 0.400 e. The summed E-state index contributed by atoms with van der Waals surface area (Å²) in [5.74, 6) is 0. The van der Waals surface area contributed by atoms with E-state index in [1.54, 1.807) is 17.0 Å². The Morgan fingerprint density at radius 3 is 2.38 bits per heavy atom. The normalized spacial score (nSPS) is 19.7. The predicted octanol–water partition coefficient (Wildman–Crippen LogP) is 2.94. The fourth-order valence-corrected chi connectivity index (χ4v) is 4.38. The molecule has 1 saturated heterocycles. The van der Waals surface area contributed by atoms with Gasteiger partial charge in [0.15, 0.2) is 0 Å². The van der Waals surface area contributed by atoms with Gasteiger partial charge in [-0.3, -0.25) is 0 Å². The molecule has 150 valence electrons. The molecule has 29 heavy (non-hydrogen) atoms. The van der Waals surface area contributed by atoms with Crippen LogP contribution >= 0.6 is 23.2 Å². The van der Waals surface area contributed by atoms with Crippen molar-refractivity contribution < 1.29 is 13.2 Å². The van der Waals surface area contributed by atoms with Crippen LogP contribution in [0, 0.1) is 0 Å². The lowest BCUT2D eigenvalue weighted by Gasteiger charge is -2.33. The van der Waals surface area contributed by atoms with Gasteiger partial charge in [-0.2, -0.15) is 13.2 Å². The van der Waals surface area contributed by atoms with Crippen LogP contribution in [-0.4, -0.2) is 47.3 Å². The topological polar surface area (TPSA) is 46.8 Å². The summed E-state index contributed by atoms with van der Waals surface area (Å²) in [6.07, 6.45) is -3.06. The lowest BCUT2D eigenvalue weighted by Crippen LogP contribution is -2.45. The Balaban J connectivity index is 1.69. The number of hydrogen-bond donors (Lipinski definition) is 0. The van der Waals surface area contributed by atoms with Crippen molar-refractivity contribution in [1.82, 2.24) is 20.2 Å². The molecule has 0 radical (unpaired) electrons. The van der Waals surface area contributed by atoms with Crippen LogP contribution in [0.5, 0.6) is 0 Å². The summed E-state index contributed by atoms with van der Waals surface area (Å²) in [5.41, 5.74) is 0.376. The number of nitrogens with zero attached hydrogens (tertiary/aromatic N) is 5. The summed E-state index contributed by atoms with van der Waals surface area (Å²) >= 11 is 12.0. The number of benzene rings is 2. The quantitative estimate of drug-likeness (QED) is 0.588. The van der Waals surface area contributed by atoms with Gasteiger partial charge in [-0.15, -0.1) is 5.10 Å². The number of alkyl halides is 3. The third-order valence-corrected chi connectivity index (χ3v) is 5.80. The fraction of sp³-hybridized carbons (Fsp3) is 0.278. The zero-order valence-electron chi connectivity index (χ0n) is 15.3. The zero-order chi connectivity index (χ0) is 20.8. The van der Waals surface area contributed by atoms with Crippen molar-refractivity contribution in [2.45, 2.75) is 18.0 Å². The average molecular weight is 440 g/mol. The Hall–Kier alpha value is -2.26. The minimum atomic E-state index is -4.45. The van der Waals surface area contributed by atoms with E-state index >= 15 is 0 Å². The van der Waals surface area contributed by atoms with Crippen LogP contribution in [0.15, 0.2) is 42.7 Å². The highest BCUT2D eigenvalue weighted by atomic mass is 35.5. The SMILES string of the molecule is Bc1cc(N2CCC(c3cc(Cl)cc(Cl)c3)(C(F)(F)F)C2)ccc1-n1cnnn1. The molecule has 2 aromatic carbocycles. The summed E-state index contributed by atoms with van der Waals surface area (Å²) in [6, 6.07) is 9.57. The van der Waals surface area contributed by atoms with Crippen molar-refractivity contribution in [2.75, 3.05) is 18.0 Å². The fourth-order valence-electron chi connectivity index (χ4n) is 3.86. The molecule has 3 aromatic rings. The lowest BCUT2D eigenvalue weighted by molar-refractivity contribution is -0.184. The second-order valence-electron chi connectivity index (χ2n) is 7.13. The van der Waals surface area contributed by atoms with Crippen molar-refractivity contribution in [3.63, 3.8) is 0 Å². The van der Waals surface area contributed by atoms with Crippen LogP contribution < -0.4 is 10.4 Å². The molecule has 1 fully saturated rings. The first kappa shape index (κ1) is 20.0. The maximum absolute atomic E-state index is 14.2. The minimum Gasteiger partial charge on any atom is -0.370 e. The molecule has 0 saturated carbocycles. The van der Waals surface area contributed by atoms with Gasteiger partial charge in [-0.25, -0.2) is 4.68 Å². The highest BCUT2D eigenvalue weighted by Gasteiger charge is 2.59. The molecule has 1 aliphatic heterocycles. The van der Waals surface area contributed by atoms with E-state index in [-0.39, 0.29) is 35.1 Å². The average Bonchev–Trinajstić information content (AvgIpc) is 3.31. The van der Waals surface area contributed by atoms with E-state index in [0.717, 1.165) is 11.2 Å². The molecular formula is C18H15BCl2F3N5. The van der Waals surface area contributed by atoms with E-state index in [0.29, 0.717) is 5.69 Å². The van der Waals surface area contributed by atoms with Gasteiger partial charge in [-0.05, 0) is 58.8 Å². The third kappa shape index (κ3) is 3.57. The van der Waals surface area contributed by atoms with Gasteiger partial charge in [-0.1, -0.05) is 28.7 Å². The third-order valence-electron chi connectivity index (χ3n) is 5.37. The van der Waals surface area contributed by atoms with Crippen molar-refractivity contribution in [1.29, 1.82) is 0 Å².